The number of aromatic amines is 1. The van der Waals surface area contributed by atoms with Crippen LogP contribution in [0.15, 0.2) is 48.8 Å². The summed E-state index contributed by atoms with van der Waals surface area (Å²) in [5.74, 6) is 0.0930. The zero-order chi connectivity index (χ0) is 16.9. The van der Waals surface area contributed by atoms with Gasteiger partial charge in [0.15, 0.2) is 0 Å². The summed E-state index contributed by atoms with van der Waals surface area (Å²) < 4.78 is 0. The van der Waals surface area contributed by atoms with Gasteiger partial charge in [0, 0.05) is 50.0 Å². The lowest BCUT2D eigenvalue weighted by atomic mass is 10.1. The maximum atomic E-state index is 11.7. The maximum absolute atomic E-state index is 11.7. The van der Waals surface area contributed by atoms with Crippen LogP contribution in [0.3, 0.4) is 0 Å². The molecule has 1 amide bonds. The number of carbonyl (C=O) groups is 1. The predicted molar refractivity (Wildman–Crippen MR) is 96.6 cm³/mol. The molecule has 0 aliphatic carbocycles. The fourth-order valence-corrected chi connectivity index (χ4v) is 2.84. The summed E-state index contributed by atoms with van der Waals surface area (Å²) in [6, 6.07) is 12.2. The molecule has 0 bridgehead atoms. The summed E-state index contributed by atoms with van der Waals surface area (Å²) in [6.45, 7) is 5.64. The zero-order valence-corrected chi connectivity index (χ0v) is 14.0. The Bertz CT molecular complexity index is 840. The molecule has 1 aromatic carbocycles. The first-order chi connectivity index (χ1) is 11.7. The molecule has 0 aliphatic heterocycles. The van der Waals surface area contributed by atoms with Crippen LogP contribution in [0.5, 0.6) is 0 Å². The highest BCUT2D eigenvalue weighted by atomic mass is 16.2. The molecule has 2 N–H and O–H groups in total. The highest BCUT2D eigenvalue weighted by Crippen LogP contribution is 2.21. The summed E-state index contributed by atoms with van der Waals surface area (Å²) in [4.78, 5) is 21.0. The number of aromatic nitrogens is 2. The van der Waals surface area contributed by atoms with E-state index in [-0.39, 0.29) is 5.91 Å². The van der Waals surface area contributed by atoms with E-state index in [1.54, 1.807) is 6.92 Å². The summed E-state index contributed by atoms with van der Waals surface area (Å²) in [6.07, 6.45) is 3.72. The minimum absolute atomic E-state index is 0.0930. The first kappa shape index (κ1) is 16.1. The van der Waals surface area contributed by atoms with Crippen LogP contribution in [0, 0.1) is 0 Å². The third kappa shape index (κ3) is 3.40. The molecule has 2 aromatic heterocycles. The molecule has 0 saturated heterocycles. The number of nitrogens with one attached hydrogen (secondary N) is 2. The van der Waals surface area contributed by atoms with E-state index < -0.39 is 0 Å². The average Bonchev–Trinajstić information content (AvgIpc) is 3.07. The Labute approximate surface area is 141 Å². The molecule has 3 rings (SSSR count). The highest BCUT2D eigenvalue weighted by molar-refractivity contribution is 5.79. The summed E-state index contributed by atoms with van der Waals surface area (Å²) >= 11 is 0. The van der Waals surface area contributed by atoms with E-state index in [0.29, 0.717) is 19.6 Å². The third-order valence-corrected chi connectivity index (χ3v) is 4.23. The van der Waals surface area contributed by atoms with Gasteiger partial charge < -0.3 is 15.2 Å². The Morgan fingerprint density at radius 3 is 2.83 bits per heavy atom. The smallest absolute Gasteiger partial charge is 0.219 e. The quantitative estimate of drug-likeness (QED) is 0.729. The van der Waals surface area contributed by atoms with Gasteiger partial charge in [0.05, 0.1) is 0 Å². The number of benzene rings is 1. The Balaban J connectivity index is 1.78. The molecule has 0 radical (unpaired) electrons. The van der Waals surface area contributed by atoms with Crippen molar-refractivity contribution in [2.45, 2.75) is 26.9 Å². The first-order valence-corrected chi connectivity index (χ1v) is 8.17. The minimum atomic E-state index is 0.0930. The van der Waals surface area contributed by atoms with Crippen molar-refractivity contribution in [1.29, 1.82) is 0 Å². The van der Waals surface area contributed by atoms with E-state index in [1.165, 1.54) is 5.56 Å². The third-order valence-electron chi connectivity index (χ3n) is 4.23. The molecular formula is C19H22N4O. The predicted octanol–water partition coefficient (Wildman–Crippen LogP) is 3.54. The average molecular weight is 322 g/mol. The van der Waals surface area contributed by atoms with Crippen molar-refractivity contribution >= 4 is 22.6 Å². The molecule has 0 atom stereocenters. The van der Waals surface area contributed by atoms with E-state index >= 15 is 0 Å². The molecule has 5 heteroatoms. The fraction of sp³-hybridized carbons (Fsp3) is 0.263. The van der Waals surface area contributed by atoms with Gasteiger partial charge in [-0.2, -0.15) is 0 Å². The molecule has 24 heavy (non-hydrogen) atoms. The molecule has 2 heterocycles. The van der Waals surface area contributed by atoms with Crippen molar-refractivity contribution in [3.8, 4) is 0 Å². The molecule has 3 aromatic rings. The zero-order valence-electron chi connectivity index (χ0n) is 14.0. The van der Waals surface area contributed by atoms with Gasteiger partial charge in [0.2, 0.25) is 5.91 Å². The molecular weight excluding hydrogens is 300 g/mol. The van der Waals surface area contributed by atoms with Crippen molar-refractivity contribution in [3.63, 3.8) is 0 Å². The number of carbonyl (C=O) groups excluding carboxylic acids is 1. The van der Waals surface area contributed by atoms with E-state index in [1.807, 2.05) is 48.5 Å². The van der Waals surface area contributed by atoms with Crippen molar-refractivity contribution in [1.82, 2.24) is 14.9 Å². The van der Waals surface area contributed by atoms with E-state index in [2.05, 4.69) is 27.4 Å². The van der Waals surface area contributed by atoms with Crippen LogP contribution in [0.4, 0.5) is 5.69 Å². The number of para-hydroxylation sites is 1. The van der Waals surface area contributed by atoms with Gasteiger partial charge in [-0.25, -0.2) is 4.98 Å². The fourth-order valence-electron chi connectivity index (χ4n) is 2.84. The lowest BCUT2D eigenvalue weighted by Gasteiger charge is -2.21. The topological polar surface area (TPSA) is 61.0 Å². The second kappa shape index (κ2) is 7.17. The Morgan fingerprint density at radius 1 is 1.21 bits per heavy atom. The monoisotopic (exact) mass is 322 g/mol. The van der Waals surface area contributed by atoms with Gasteiger partial charge in [-0.15, -0.1) is 0 Å². The summed E-state index contributed by atoms with van der Waals surface area (Å²) in [7, 11) is 0. The van der Waals surface area contributed by atoms with E-state index in [4.69, 9.17) is 0 Å². The normalized spacial score (nSPS) is 10.8. The van der Waals surface area contributed by atoms with Gasteiger partial charge in [-0.05, 0) is 36.2 Å². The van der Waals surface area contributed by atoms with E-state index in [0.717, 1.165) is 22.3 Å². The Morgan fingerprint density at radius 2 is 2.04 bits per heavy atom. The first-order valence-electron chi connectivity index (χ1n) is 8.17. The Hall–Kier alpha value is -2.82. The number of hydrogen-bond donors (Lipinski definition) is 2. The van der Waals surface area contributed by atoms with Gasteiger partial charge in [0.25, 0.3) is 0 Å². The van der Waals surface area contributed by atoms with Gasteiger partial charge >= 0.3 is 0 Å². The number of fused-ring (bicyclic) bond motifs is 1. The van der Waals surface area contributed by atoms with Gasteiger partial charge in [-0.3, -0.25) is 4.79 Å². The number of nitrogens with zero attached hydrogens (tertiary/aromatic N) is 2. The van der Waals surface area contributed by atoms with Crippen LogP contribution in [-0.2, 0) is 17.9 Å². The number of amides is 1. The summed E-state index contributed by atoms with van der Waals surface area (Å²) in [5.41, 5.74) is 4.26. The lowest BCUT2D eigenvalue weighted by molar-refractivity contribution is -0.129. The molecule has 0 fully saturated rings. The molecule has 0 saturated carbocycles. The van der Waals surface area contributed by atoms with Crippen LogP contribution in [-0.4, -0.2) is 27.3 Å². The largest absolute Gasteiger partial charge is 0.381 e. The number of anilines is 1. The number of H-pyrrole nitrogens is 1. The van der Waals surface area contributed by atoms with Crippen LogP contribution < -0.4 is 5.32 Å². The van der Waals surface area contributed by atoms with E-state index in [9.17, 15) is 4.79 Å². The second-order valence-corrected chi connectivity index (χ2v) is 5.75. The number of pyridine rings is 1. The van der Waals surface area contributed by atoms with Crippen molar-refractivity contribution in [2.75, 3.05) is 11.9 Å². The van der Waals surface area contributed by atoms with Crippen LogP contribution in [0.1, 0.15) is 25.0 Å². The number of rotatable bonds is 6. The lowest BCUT2D eigenvalue weighted by Crippen LogP contribution is -2.28. The van der Waals surface area contributed by atoms with Crippen LogP contribution in [0.2, 0.25) is 0 Å². The SMILES string of the molecule is CCN(Cc1ccccc1NCc1ccnc2[nH]ccc12)C(C)=O. The van der Waals surface area contributed by atoms with Crippen LogP contribution in [0.25, 0.3) is 11.0 Å². The van der Waals surface area contributed by atoms with Gasteiger partial charge in [0.1, 0.15) is 5.65 Å². The molecule has 0 aliphatic rings. The van der Waals surface area contributed by atoms with Crippen molar-refractivity contribution in [3.05, 3.63) is 59.9 Å². The van der Waals surface area contributed by atoms with Crippen molar-refractivity contribution < 1.29 is 4.79 Å². The minimum Gasteiger partial charge on any atom is -0.381 e. The van der Waals surface area contributed by atoms with Gasteiger partial charge in [-0.1, -0.05) is 18.2 Å². The standard InChI is InChI=1S/C19H22N4O/c1-3-23(14(2)24)13-16-6-4-5-7-18(16)22-12-15-8-10-20-19-17(15)9-11-21-19/h4-11,22H,3,12-13H2,1-2H3,(H,20,21). The summed E-state index contributed by atoms with van der Waals surface area (Å²) in [5, 5.41) is 4.63. The molecule has 5 nitrogen and oxygen atoms in total. The number of hydrogen-bond acceptors (Lipinski definition) is 3. The second-order valence-electron chi connectivity index (χ2n) is 5.75. The van der Waals surface area contributed by atoms with Crippen molar-refractivity contribution in [2.24, 2.45) is 0 Å². The highest BCUT2D eigenvalue weighted by Gasteiger charge is 2.10. The molecule has 0 spiro atoms. The Kier molecular flexibility index (Phi) is 4.79. The molecule has 124 valence electrons. The van der Waals surface area contributed by atoms with Crippen LogP contribution >= 0.6 is 0 Å². The maximum Gasteiger partial charge on any atom is 0.219 e. The molecule has 0 unspecified atom stereocenters.